The Hall–Kier alpha value is -4.29. The molecule has 49 heavy (non-hydrogen) atoms. The Bertz CT molecular complexity index is 1840. The molecule has 0 radical (unpaired) electrons. The molecule has 11 nitrogen and oxygen atoms in total. The van der Waals surface area contributed by atoms with Crippen molar-refractivity contribution in [1.82, 2.24) is 41.2 Å². The Labute approximate surface area is 296 Å². The van der Waals surface area contributed by atoms with Gasteiger partial charge >= 0.3 is 0 Å². The lowest BCUT2D eigenvalue weighted by molar-refractivity contribution is -0.123. The fraction of sp³-hybridized carbons (Fsp3) is 0.361. The lowest BCUT2D eigenvalue weighted by Gasteiger charge is -2.22. The first-order valence-corrected chi connectivity index (χ1v) is 17.1. The molecular weight excluding hydrogens is 663 g/mol. The molecule has 13 heteroatoms. The molecule has 2 aromatic heterocycles. The van der Waals surface area contributed by atoms with Gasteiger partial charge in [-0.05, 0) is 31.7 Å². The second-order valence-electron chi connectivity index (χ2n) is 12.2. The third-order valence-electron chi connectivity index (χ3n) is 8.81. The van der Waals surface area contributed by atoms with Gasteiger partial charge in [0.05, 0.1) is 48.0 Å². The Morgan fingerprint density at radius 1 is 0.837 bits per heavy atom. The van der Waals surface area contributed by atoms with Gasteiger partial charge in [0, 0.05) is 66.6 Å². The monoisotopic (exact) mass is 702 g/mol. The summed E-state index contributed by atoms with van der Waals surface area (Å²) in [6.07, 6.45) is 6.93. The number of piperidine rings is 1. The first-order valence-electron chi connectivity index (χ1n) is 16.3. The summed E-state index contributed by atoms with van der Waals surface area (Å²) in [5.41, 5.74) is 6.47. The number of methoxy groups -OCH3 is 2. The van der Waals surface area contributed by atoms with Crippen LogP contribution in [0, 0.1) is 5.92 Å². The summed E-state index contributed by atoms with van der Waals surface area (Å²) in [5.74, 6) is 1.22. The van der Waals surface area contributed by atoms with Gasteiger partial charge in [0.2, 0.25) is 17.7 Å². The molecule has 2 aromatic carbocycles. The molecule has 2 saturated heterocycles. The summed E-state index contributed by atoms with van der Waals surface area (Å²) in [6.45, 7) is 7.20. The van der Waals surface area contributed by atoms with Crippen LogP contribution in [0.15, 0.2) is 61.1 Å². The highest BCUT2D eigenvalue weighted by Crippen LogP contribution is 2.42. The van der Waals surface area contributed by atoms with E-state index in [1.54, 1.807) is 26.6 Å². The van der Waals surface area contributed by atoms with Crippen LogP contribution in [0.4, 0.5) is 0 Å². The van der Waals surface area contributed by atoms with Crippen molar-refractivity contribution in [2.24, 2.45) is 5.92 Å². The lowest BCUT2D eigenvalue weighted by Crippen LogP contribution is -2.37. The number of nitrogens with zero attached hydrogens (tertiary/aromatic N) is 4. The molecule has 2 fully saturated rings. The van der Waals surface area contributed by atoms with E-state index < -0.39 is 0 Å². The number of hydrogen-bond donors (Lipinski definition) is 4. The summed E-state index contributed by atoms with van der Waals surface area (Å²) >= 11 is 14.1. The number of nitrogens with one attached hydrogen (secondary N) is 4. The minimum atomic E-state index is 0.0958. The zero-order valence-corrected chi connectivity index (χ0v) is 29.1. The van der Waals surface area contributed by atoms with Gasteiger partial charge in [0.1, 0.15) is 11.4 Å². The van der Waals surface area contributed by atoms with Crippen LogP contribution >= 0.6 is 23.2 Å². The van der Waals surface area contributed by atoms with Crippen LogP contribution in [-0.4, -0.2) is 65.7 Å². The van der Waals surface area contributed by atoms with Gasteiger partial charge in [-0.25, -0.2) is 9.97 Å². The van der Waals surface area contributed by atoms with Crippen molar-refractivity contribution in [2.75, 3.05) is 33.9 Å². The molecule has 2 aliphatic heterocycles. The average molecular weight is 704 g/mol. The van der Waals surface area contributed by atoms with Crippen LogP contribution in [0.25, 0.3) is 33.6 Å². The molecule has 256 valence electrons. The van der Waals surface area contributed by atoms with Gasteiger partial charge in [-0.1, -0.05) is 66.2 Å². The predicted molar refractivity (Wildman–Crippen MR) is 191 cm³/mol. The highest BCUT2D eigenvalue weighted by Gasteiger charge is 2.21. The van der Waals surface area contributed by atoms with Gasteiger partial charge in [-0.15, -0.1) is 0 Å². The van der Waals surface area contributed by atoms with E-state index in [0.29, 0.717) is 100 Å². The molecule has 6 rings (SSSR count). The Morgan fingerprint density at radius 2 is 1.39 bits per heavy atom. The molecule has 1 amide bonds. The number of rotatable bonds is 13. The predicted octanol–water partition coefficient (Wildman–Crippen LogP) is 5.56. The van der Waals surface area contributed by atoms with E-state index in [-0.39, 0.29) is 5.91 Å². The van der Waals surface area contributed by atoms with Crippen LogP contribution in [0.3, 0.4) is 0 Å². The molecule has 4 heterocycles. The fourth-order valence-corrected chi connectivity index (χ4v) is 6.87. The van der Waals surface area contributed by atoms with Crippen molar-refractivity contribution in [1.29, 1.82) is 0 Å². The van der Waals surface area contributed by atoms with Crippen LogP contribution in [-0.2, 0) is 17.9 Å². The smallest absolute Gasteiger partial charge is 0.237 e. The summed E-state index contributed by atoms with van der Waals surface area (Å²) in [4.78, 5) is 30.5. The maximum atomic E-state index is 11.7. The first-order chi connectivity index (χ1) is 23.8. The highest BCUT2D eigenvalue weighted by atomic mass is 35.5. The van der Waals surface area contributed by atoms with Crippen molar-refractivity contribution in [3.05, 3.63) is 82.5 Å². The number of amides is 1. The van der Waals surface area contributed by atoms with Crippen molar-refractivity contribution < 1.29 is 14.3 Å². The van der Waals surface area contributed by atoms with Crippen molar-refractivity contribution >= 4 is 29.1 Å². The maximum Gasteiger partial charge on any atom is 0.237 e. The number of carbonyl (C=O) groups excluding carboxylic acids is 1. The van der Waals surface area contributed by atoms with Crippen molar-refractivity contribution in [2.45, 2.75) is 44.8 Å². The van der Waals surface area contributed by atoms with E-state index in [1.807, 2.05) is 36.4 Å². The quantitative estimate of drug-likeness (QED) is 0.140. The number of carbonyl (C=O) groups is 1. The molecule has 4 aromatic rings. The summed E-state index contributed by atoms with van der Waals surface area (Å²) in [5, 5.41) is 14.1. The zero-order valence-electron chi connectivity index (χ0n) is 27.6. The van der Waals surface area contributed by atoms with Gasteiger partial charge in [0.25, 0.3) is 0 Å². The largest absolute Gasteiger partial charge is 0.480 e. The zero-order chi connectivity index (χ0) is 34.3. The lowest BCUT2D eigenvalue weighted by atomic mass is 9.97. The van der Waals surface area contributed by atoms with Crippen molar-refractivity contribution in [3.8, 4) is 45.4 Å². The molecule has 2 aliphatic rings. The average Bonchev–Trinajstić information content (AvgIpc) is 3.53. The van der Waals surface area contributed by atoms with Gasteiger partial charge < -0.3 is 30.7 Å². The number of hydrogen-bond acceptors (Lipinski definition) is 10. The van der Waals surface area contributed by atoms with Gasteiger partial charge in [0.15, 0.2) is 0 Å². The number of allylic oxidation sites excluding steroid dienone is 1. The maximum absolute atomic E-state index is 11.7. The van der Waals surface area contributed by atoms with E-state index >= 15 is 0 Å². The van der Waals surface area contributed by atoms with Crippen LogP contribution < -0.4 is 30.7 Å². The molecule has 0 saturated carbocycles. The Kier molecular flexibility index (Phi) is 11.3. The van der Waals surface area contributed by atoms with Gasteiger partial charge in [-0.2, -0.15) is 0 Å². The van der Waals surface area contributed by atoms with Crippen LogP contribution in [0.5, 0.6) is 11.8 Å². The topological polar surface area (TPSA) is 135 Å². The van der Waals surface area contributed by atoms with E-state index in [9.17, 15) is 4.79 Å². The standard InChI is InChI=1S/C36H40Cl2N8O3/c1-21-10-11-23(44-21)16-40-18-31-36(49-3)46-29(20-43-31)27-9-5-7-25(34(27)38)24-6-4-8-26(33(24)37)28-19-42-30(35(45-28)48-2)17-39-15-22-12-13-41-32(47)14-22/h4-9,19-20,22-23,39-40,44H,1,10-18H2,2-3H3,(H,41,47)/t22?,23-/m0/s1. The van der Waals surface area contributed by atoms with E-state index in [2.05, 4.69) is 37.8 Å². The Balaban J connectivity index is 1.19. The normalized spacial score (nSPS) is 17.5. The third-order valence-corrected chi connectivity index (χ3v) is 9.62. The van der Waals surface area contributed by atoms with E-state index in [0.717, 1.165) is 42.6 Å². The molecule has 4 N–H and O–H groups in total. The number of ether oxygens (including phenoxy) is 2. The van der Waals surface area contributed by atoms with E-state index in [4.69, 9.17) is 42.6 Å². The minimum Gasteiger partial charge on any atom is -0.480 e. The Morgan fingerprint density at radius 3 is 1.90 bits per heavy atom. The van der Waals surface area contributed by atoms with Crippen LogP contribution in [0.1, 0.15) is 37.1 Å². The molecular formula is C36H40Cl2N8O3. The molecule has 0 bridgehead atoms. The third kappa shape index (κ3) is 8.13. The van der Waals surface area contributed by atoms with E-state index in [1.165, 1.54) is 0 Å². The first kappa shape index (κ1) is 34.6. The van der Waals surface area contributed by atoms with Crippen molar-refractivity contribution in [3.63, 3.8) is 0 Å². The SMILES string of the molecule is C=C1CC[C@@H](CNCc2ncc(-c3cccc(-c4cccc(-c5cnc(CNCC6CCNC(=O)C6)c(OC)n5)c4Cl)c3Cl)nc2OC)N1. The fourth-order valence-electron chi connectivity index (χ4n) is 6.22. The molecule has 2 atom stereocenters. The van der Waals surface area contributed by atoms with Gasteiger partial charge in [-0.3, -0.25) is 14.8 Å². The molecule has 0 aliphatic carbocycles. The highest BCUT2D eigenvalue weighted by molar-refractivity contribution is 6.39. The second kappa shape index (κ2) is 15.9. The molecule has 1 unspecified atom stereocenters. The summed E-state index contributed by atoms with van der Waals surface area (Å²) in [7, 11) is 3.15. The number of aromatic nitrogens is 4. The molecule has 0 spiro atoms. The minimum absolute atomic E-state index is 0.0958. The number of halogens is 2. The second-order valence-corrected chi connectivity index (χ2v) is 13.0. The van der Waals surface area contributed by atoms with Crippen LogP contribution in [0.2, 0.25) is 10.0 Å². The number of benzene rings is 2. The summed E-state index contributed by atoms with van der Waals surface area (Å²) < 4.78 is 11.2. The summed E-state index contributed by atoms with van der Waals surface area (Å²) in [6, 6.07) is 11.8.